The van der Waals surface area contributed by atoms with Crippen LogP contribution in [-0.2, 0) is 17.8 Å². The van der Waals surface area contributed by atoms with Crippen LogP contribution in [0.1, 0.15) is 33.5 Å². The minimum absolute atomic E-state index is 0.0260. The molecular formula is C15H21N3O2. The summed E-state index contributed by atoms with van der Waals surface area (Å²) in [5.41, 5.74) is 0.816. The van der Waals surface area contributed by atoms with Crippen LogP contribution < -0.4 is 0 Å². The van der Waals surface area contributed by atoms with Gasteiger partial charge in [-0.1, -0.05) is 13.8 Å². The fraction of sp³-hybridized carbons (Fsp3) is 0.533. The lowest BCUT2D eigenvalue weighted by Gasteiger charge is -2.28. The number of fused-ring (bicyclic) bond motifs is 1. The summed E-state index contributed by atoms with van der Waals surface area (Å²) < 4.78 is 2.00. The van der Waals surface area contributed by atoms with Gasteiger partial charge in [-0.25, -0.2) is 9.97 Å². The summed E-state index contributed by atoms with van der Waals surface area (Å²) in [5.74, 6) is 0.0352. The summed E-state index contributed by atoms with van der Waals surface area (Å²) in [7, 11) is 0. The number of carbonyl (C=O) groups is 1. The highest BCUT2D eigenvalue weighted by Gasteiger charge is 2.38. The first kappa shape index (κ1) is 14.5. The standard InChI is InChI=1S/C15H21N3O2/c1-5-18-12(9-15(4,10(2)3)14(19)20)17-11-7-6-8-16-13(11)18/h6-8,10H,5,9H2,1-4H3,(H,19,20). The lowest BCUT2D eigenvalue weighted by molar-refractivity contribution is -0.150. The monoisotopic (exact) mass is 275 g/mol. The lowest BCUT2D eigenvalue weighted by Crippen LogP contribution is -2.36. The van der Waals surface area contributed by atoms with Crippen molar-refractivity contribution in [1.29, 1.82) is 0 Å². The molecule has 2 heterocycles. The maximum Gasteiger partial charge on any atom is 0.310 e. The van der Waals surface area contributed by atoms with Crippen molar-refractivity contribution in [3.05, 3.63) is 24.2 Å². The van der Waals surface area contributed by atoms with E-state index in [1.807, 2.05) is 37.5 Å². The van der Waals surface area contributed by atoms with Gasteiger partial charge >= 0.3 is 5.97 Å². The molecule has 1 unspecified atom stereocenters. The second kappa shape index (κ2) is 5.23. The van der Waals surface area contributed by atoms with Gasteiger partial charge in [-0.05, 0) is 31.9 Å². The molecule has 0 amide bonds. The van der Waals surface area contributed by atoms with E-state index in [4.69, 9.17) is 0 Å². The molecule has 1 atom stereocenters. The topological polar surface area (TPSA) is 68.0 Å². The molecule has 1 N–H and O–H groups in total. The molecule has 0 aliphatic rings. The number of rotatable bonds is 5. The number of imidazole rings is 1. The molecule has 2 rings (SSSR count). The van der Waals surface area contributed by atoms with E-state index in [0.29, 0.717) is 6.42 Å². The molecule has 0 spiro atoms. The van der Waals surface area contributed by atoms with E-state index in [1.165, 1.54) is 0 Å². The Morgan fingerprint density at radius 3 is 2.75 bits per heavy atom. The highest BCUT2D eigenvalue weighted by atomic mass is 16.4. The first-order chi connectivity index (χ1) is 9.40. The van der Waals surface area contributed by atoms with Gasteiger partial charge in [0.15, 0.2) is 5.65 Å². The largest absolute Gasteiger partial charge is 0.481 e. The fourth-order valence-electron chi connectivity index (χ4n) is 2.33. The van der Waals surface area contributed by atoms with Crippen molar-refractivity contribution in [1.82, 2.24) is 14.5 Å². The van der Waals surface area contributed by atoms with Crippen LogP contribution in [0.4, 0.5) is 0 Å². The van der Waals surface area contributed by atoms with Gasteiger partial charge in [-0.2, -0.15) is 0 Å². The molecule has 0 saturated heterocycles. The van der Waals surface area contributed by atoms with Gasteiger partial charge in [0.1, 0.15) is 11.3 Å². The first-order valence-electron chi connectivity index (χ1n) is 6.93. The highest BCUT2D eigenvalue weighted by Crippen LogP contribution is 2.32. The normalized spacial score (nSPS) is 14.7. The number of nitrogens with zero attached hydrogens (tertiary/aromatic N) is 3. The second-order valence-electron chi connectivity index (χ2n) is 5.67. The van der Waals surface area contributed by atoms with E-state index in [2.05, 4.69) is 9.97 Å². The Kier molecular flexibility index (Phi) is 3.79. The third-order valence-corrected chi connectivity index (χ3v) is 4.19. The van der Waals surface area contributed by atoms with E-state index in [1.54, 1.807) is 13.1 Å². The zero-order chi connectivity index (χ0) is 14.9. The number of aromatic nitrogens is 3. The van der Waals surface area contributed by atoms with Gasteiger partial charge in [-0.15, -0.1) is 0 Å². The molecule has 5 nitrogen and oxygen atoms in total. The minimum Gasteiger partial charge on any atom is -0.481 e. The van der Waals surface area contributed by atoms with Crippen molar-refractivity contribution in [3.8, 4) is 0 Å². The van der Waals surface area contributed by atoms with Gasteiger partial charge in [0, 0.05) is 19.2 Å². The van der Waals surface area contributed by atoms with Gasteiger partial charge in [0.25, 0.3) is 0 Å². The van der Waals surface area contributed by atoms with Crippen LogP contribution >= 0.6 is 0 Å². The Morgan fingerprint density at radius 2 is 2.20 bits per heavy atom. The molecular weight excluding hydrogens is 254 g/mol. The summed E-state index contributed by atoms with van der Waals surface area (Å²) in [6, 6.07) is 3.75. The average molecular weight is 275 g/mol. The molecule has 108 valence electrons. The molecule has 2 aromatic rings. The predicted molar refractivity (Wildman–Crippen MR) is 77.5 cm³/mol. The van der Waals surface area contributed by atoms with Crippen molar-refractivity contribution in [2.75, 3.05) is 0 Å². The van der Waals surface area contributed by atoms with E-state index in [-0.39, 0.29) is 5.92 Å². The van der Waals surface area contributed by atoms with Crippen LogP contribution in [0.5, 0.6) is 0 Å². The maximum atomic E-state index is 11.6. The summed E-state index contributed by atoms with van der Waals surface area (Å²) in [4.78, 5) is 20.5. The SMILES string of the molecule is CCn1c(CC(C)(C(=O)O)C(C)C)nc2cccnc21. The molecule has 0 bridgehead atoms. The lowest BCUT2D eigenvalue weighted by atomic mass is 9.76. The molecule has 0 aromatic carbocycles. The summed E-state index contributed by atoms with van der Waals surface area (Å²) in [5, 5.41) is 9.55. The number of aliphatic carboxylic acids is 1. The smallest absolute Gasteiger partial charge is 0.310 e. The molecule has 0 fully saturated rings. The maximum absolute atomic E-state index is 11.6. The van der Waals surface area contributed by atoms with Gasteiger partial charge in [-0.3, -0.25) is 4.79 Å². The third-order valence-electron chi connectivity index (χ3n) is 4.19. The number of hydrogen-bond acceptors (Lipinski definition) is 3. The minimum atomic E-state index is -0.825. The van der Waals surface area contributed by atoms with E-state index in [0.717, 1.165) is 23.5 Å². The number of pyridine rings is 1. The molecule has 0 aliphatic carbocycles. The van der Waals surface area contributed by atoms with E-state index < -0.39 is 11.4 Å². The van der Waals surface area contributed by atoms with Crippen molar-refractivity contribution in [3.63, 3.8) is 0 Å². The Morgan fingerprint density at radius 1 is 1.50 bits per heavy atom. The van der Waals surface area contributed by atoms with Crippen LogP contribution in [0, 0.1) is 11.3 Å². The van der Waals surface area contributed by atoms with Crippen LogP contribution in [0.3, 0.4) is 0 Å². The summed E-state index contributed by atoms with van der Waals surface area (Å²) in [6.45, 7) is 8.41. The van der Waals surface area contributed by atoms with Crippen LogP contribution in [-0.4, -0.2) is 25.6 Å². The van der Waals surface area contributed by atoms with Gasteiger partial charge < -0.3 is 9.67 Å². The Bertz CT molecular complexity index is 633. The van der Waals surface area contributed by atoms with E-state index in [9.17, 15) is 9.90 Å². The average Bonchev–Trinajstić information content (AvgIpc) is 2.74. The zero-order valence-corrected chi connectivity index (χ0v) is 12.4. The predicted octanol–water partition coefficient (Wildman–Crippen LogP) is 2.74. The first-order valence-corrected chi connectivity index (χ1v) is 6.93. The number of carboxylic acid groups (broad SMARTS) is 1. The van der Waals surface area contributed by atoms with E-state index >= 15 is 0 Å². The van der Waals surface area contributed by atoms with Crippen LogP contribution in [0.2, 0.25) is 0 Å². The summed E-state index contributed by atoms with van der Waals surface area (Å²) >= 11 is 0. The van der Waals surface area contributed by atoms with Crippen molar-refractivity contribution in [2.45, 2.75) is 40.7 Å². The number of hydrogen-bond donors (Lipinski definition) is 1. The quantitative estimate of drug-likeness (QED) is 0.911. The summed E-state index contributed by atoms with van der Waals surface area (Å²) in [6.07, 6.45) is 2.14. The fourth-order valence-corrected chi connectivity index (χ4v) is 2.33. The molecule has 2 aromatic heterocycles. The Labute approximate surface area is 118 Å². The Balaban J connectivity index is 2.50. The van der Waals surface area contributed by atoms with Gasteiger partial charge in [0.2, 0.25) is 0 Å². The number of carboxylic acids is 1. The van der Waals surface area contributed by atoms with Crippen molar-refractivity contribution >= 4 is 17.1 Å². The molecule has 5 heteroatoms. The zero-order valence-electron chi connectivity index (χ0n) is 12.4. The van der Waals surface area contributed by atoms with Crippen molar-refractivity contribution in [2.24, 2.45) is 11.3 Å². The molecule has 20 heavy (non-hydrogen) atoms. The van der Waals surface area contributed by atoms with Crippen LogP contribution in [0.25, 0.3) is 11.2 Å². The van der Waals surface area contributed by atoms with Gasteiger partial charge in [0.05, 0.1) is 5.41 Å². The second-order valence-corrected chi connectivity index (χ2v) is 5.67. The molecule has 0 aliphatic heterocycles. The molecule has 0 radical (unpaired) electrons. The van der Waals surface area contributed by atoms with Crippen molar-refractivity contribution < 1.29 is 9.90 Å². The Hall–Kier alpha value is -1.91. The molecule has 0 saturated carbocycles. The van der Waals surface area contributed by atoms with Crippen LogP contribution in [0.15, 0.2) is 18.3 Å². The number of aryl methyl sites for hydroxylation is 1. The third kappa shape index (κ3) is 2.28. The highest BCUT2D eigenvalue weighted by molar-refractivity contribution is 5.75.